The van der Waals surface area contributed by atoms with Crippen LogP contribution in [0.2, 0.25) is 0 Å². The number of nitrogens with zero attached hydrogens (tertiary/aromatic N) is 1. The van der Waals surface area contributed by atoms with Gasteiger partial charge in [-0.2, -0.15) is 0 Å². The molecule has 0 atom stereocenters. The van der Waals surface area contributed by atoms with Gasteiger partial charge in [-0.3, -0.25) is 9.69 Å². The van der Waals surface area contributed by atoms with Gasteiger partial charge in [-0.05, 0) is 55.8 Å². The van der Waals surface area contributed by atoms with Gasteiger partial charge in [-0.1, -0.05) is 54.6 Å². The van der Waals surface area contributed by atoms with Gasteiger partial charge in [0.1, 0.15) is 5.54 Å². The van der Waals surface area contributed by atoms with Crippen molar-refractivity contribution in [2.24, 2.45) is 0 Å². The molecule has 0 saturated heterocycles. The molecule has 2 aromatic rings. The van der Waals surface area contributed by atoms with E-state index in [1.54, 1.807) is 0 Å². The first-order valence-corrected chi connectivity index (χ1v) is 10.9. The fourth-order valence-electron chi connectivity index (χ4n) is 4.89. The molecule has 2 aliphatic carbocycles. The first kappa shape index (κ1) is 20.1. The minimum atomic E-state index is -0.533. The van der Waals surface area contributed by atoms with Crippen LogP contribution in [0.4, 0.5) is 0 Å². The van der Waals surface area contributed by atoms with Crippen molar-refractivity contribution in [1.29, 1.82) is 0 Å². The average molecular weight is 393 g/mol. The highest BCUT2D eigenvalue weighted by atomic mass is 16.3. The Balaban J connectivity index is 1.51. The number of carbonyl (C=O) groups excluding carboxylic acids is 1. The van der Waals surface area contributed by atoms with Crippen molar-refractivity contribution in [2.45, 2.75) is 62.6 Å². The van der Waals surface area contributed by atoms with E-state index in [1.165, 1.54) is 16.7 Å². The molecule has 0 unspecified atom stereocenters. The molecule has 0 radical (unpaired) electrons. The lowest BCUT2D eigenvalue weighted by Gasteiger charge is -2.39. The zero-order valence-corrected chi connectivity index (χ0v) is 17.3. The molecule has 2 N–H and O–H groups in total. The second-order valence-corrected chi connectivity index (χ2v) is 8.79. The first-order valence-electron chi connectivity index (χ1n) is 10.9. The second-order valence-electron chi connectivity index (χ2n) is 8.79. The monoisotopic (exact) mass is 392 g/mol. The summed E-state index contributed by atoms with van der Waals surface area (Å²) in [5.74, 6) is 0.144. The number of aliphatic hydroxyl groups is 1. The number of nitrogens with one attached hydrogen (secondary N) is 1. The molecular formula is C25H32N2O2. The molecule has 2 aliphatic rings. The van der Waals surface area contributed by atoms with Gasteiger partial charge in [0.05, 0.1) is 6.10 Å². The van der Waals surface area contributed by atoms with E-state index in [2.05, 4.69) is 65.8 Å². The maximum absolute atomic E-state index is 13.6. The molecule has 4 nitrogen and oxygen atoms in total. The van der Waals surface area contributed by atoms with Gasteiger partial charge >= 0.3 is 0 Å². The van der Waals surface area contributed by atoms with Crippen LogP contribution >= 0.6 is 0 Å². The first-order chi connectivity index (χ1) is 14.1. The van der Waals surface area contributed by atoms with Gasteiger partial charge in [0.25, 0.3) is 0 Å². The van der Waals surface area contributed by atoms with Crippen LogP contribution in [0.1, 0.15) is 42.4 Å². The minimum Gasteiger partial charge on any atom is -0.393 e. The highest BCUT2D eigenvalue weighted by Crippen LogP contribution is 2.35. The Morgan fingerprint density at radius 3 is 2.21 bits per heavy atom. The number of aliphatic hydroxyl groups excluding tert-OH is 1. The van der Waals surface area contributed by atoms with Crippen LogP contribution in [-0.2, 0) is 24.1 Å². The smallest absolute Gasteiger partial charge is 0.241 e. The summed E-state index contributed by atoms with van der Waals surface area (Å²) in [5, 5.41) is 13.1. The Morgan fingerprint density at radius 2 is 1.59 bits per heavy atom. The second kappa shape index (κ2) is 8.68. The minimum absolute atomic E-state index is 0.144. The predicted molar refractivity (Wildman–Crippen MR) is 116 cm³/mol. The van der Waals surface area contributed by atoms with Crippen molar-refractivity contribution in [3.63, 3.8) is 0 Å². The Hall–Kier alpha value is -2.17. The molecule has 4 rings (SSSR count). The number of amides is 1. The number of rotatable bonds is 6. The molecular weight excluding hydrogens is 360 g/mol. The molecule has 154 valence electrons. The number of fused-ring (bicyclic) bond motifs is 1. The van der Waals surface area contributed by atoms with Crippen molar-refractivity contribution in [3.8, 4) is 0 Å². The third-order valence-corrected chi connectivity index (χ3v) is 6.85. The fourth-order valence-corrected chi connectivity index (χ4v) is 4.89. The third kappa shape index (κ3) is 4.39. The zero-order valence-electron chi connectivity index (χ0n) is 17.3. The molecule has 1 saturated carbocycles. The summed E-state index contributed by atoms with van der Waals surface area (Å²) in [6.07, 6.45) is 5.53. The largest absolute Gasteiger partial charge is 0.393 e. The summed E-state index contributed by atoms with van der Waals surface area (Å²) in [6, 6.07) is 19.1. The molecule has 1 fully saturated rings. The Morgan fingerprint density at radius 1 is 1.00 bits per heavy atom. The average Bonchev–Trinajstić information content (AvgIpc) is 3.15. The van der Waals surface area contributed by atoms with Crippen molar-refractivity contribution >= 4 is 5.91 Å². The summed E-state index contributed by atoms with van der Waals surface area (Å²) in [6.45, 7) is 0.842. The standard InChI is InChI=1S/C25H32N2O2/c1-27(16-15-19-7-3-2-4-8-19)25(17-20-9-5-6-10-21(20)18-25)24(29)26-22-11-13-23(28)14-12-22/h2-10,22-23,28H,11-18H2,1H3,(H,26,29). The molecule has 4 heteroatoms. The summed E-state index contributed by atoms with van der Waals surface area (Å²) >= 11 is 0. The van der Waals surface area contributed by atoms with E-state index in [1.807, 2.05) is 6.07 Å². The highest BCUT2D eigenvalue weighted by Gasteiger charge is 2.47. The molecule has 0 bridgehead atoms. The fraction of sp³-hybridized carbons (Fsp3) is 0.480. The van der Waals surface area contributed by atoms with Crippen LogP contribution in [0.5, 0.6) is 0 Å². The topological polar surface area (TPSA) is 52.6 Å². The van der Waals surface area contributed by atoms with Crippen molar-refractivity contribution < 1.29 is 9.90 Å². The quantitative estimate of drug-likeness (QED) is 0.794. The van der Waals surface area contributed by atoms with Gasteiger partial charge in [0.15, 0.2) is 0 Å². The van der Waals surface area contributed by atoms with Crippen LogP contribution in [-0.4, -0.2) is 47.2 Å². The van der Waals surface area contributed by atoms with Crippen LogP contribution < -0.4 is 5.32 Å². The van der Waals surface area contributed by atoms with Crippen molar-refractivity contribution in [2.75, 3.05) is 13.6 Å². The van der Waals surface area contributed by atoms with Gasteiger partial charge < -0.3 is 10.4 Å². The van der Waals surface area contributed by atoms with E-state index in [0.29, 0.717) is 0 Å². The Labute approximate surface area is 173 Å². The van der Waals surface area contributed by atoms with Gasteiger partial charge in [-0.25, -0.2) is 0 Å². The zero-order chi connectivity index (χ0) is 20.3. The summed E-state index contributed by atoms with van der Waals surface area (Å²) < 4.78 is 0. The molecule has 1 amide bonds. The molecule has 29 heavy (non-hydrogen) atoms. The number of carbonyl (C=O) groups is 1. The molecule has 0 heterocycles. The highest BCUT2D eigenvalue weighted by molar-refractivity contribution is 5.88. The third-order valence-electron chi connectivity index (χ3n) is 6.85. The van der Waals surface area contributed by atoms with Crippen LogP contribution in [0.25, 0.3) is 0 Å². The lowest BCUT2D eigenvalue weighted by molar-refractivity contribution is -0.133. The number of hydrogen-bond acceptors (Lipinski definition) is 3. The van der Waals surface area contributed by atoms with E-state index in [9.17, 15) is 9.90 Å². The summed E-state index contributed by atoms with van der Waals surface area (Å²) in [5.41, 5.74) is 3.34. The van der Waals surface area contributed by atoms with Crippen molar-refractivity contribution in [1.82, 2.24) is 10.2 Å². The van der Waals surface area contributed by atoms with Crippen LogP contribution in [0, 0.1) is 0 Å². The normalized spacial score (nSPS) is 23.0. The van der Waals surface area contributed by atoms with Crippen LogP contribution in [0.15, 0.2) is 54.6 Å². The lowest BCUT2D eigenvalue weighted by Crippen LogP contribution is -2.60. The maximum Gasteiger partial charge on any atom is 0.241 e. The van der Waals surface area contributed by atoms with E-state index in [4.69, 9.17) is 0 Å². The predicted octanol–water partition coefficient (Wildman–Crippen LogP) is 3.12. The van der Waals surface area contributed by atoms with E-state index < -0.39 is 5.54 Å². The van der Waals surface area contributed by atoms with E-state index >= 15 is 0 Å². The van der Waals surface area contributed by atoms with Crippen molar-refractivity contribution in [3.05, 3.63) is 71.3 Å². The van der Waals surface area contributed by atoms with Gasteiger partial charge in [-0.15, -0.1) is 0 Å². The van der Waals surface area contributed by atoms with Crippen LogP contribution in [0.3, 0.4) is 0 Å². The maximum atomic E-state index is 13.6. The molecule has 2 aromatic carbocycles. The number of benzene rings is 2. The molecule has 0 spiro atoms. The van der Waals surface area contributed by atoms with E-state index in [-0.39, 0.29) is 18.1 Å². The lowest BCUT2D eigenvalue weighted by atomic mass is 9.89. The summed E-state index contributed by atoms with van der Waals surface area (Å²) in [4.78, 5) is 15.9. The Bertz CT molecular complexity index is 803. The van der Waals surface area contributed by atoms with Gasteiger partial charge in [0, 0.05) is 25.4 Å². The van der Waals surface area contributed by atoms with Gasteiger partial charge in [0.2, 0.25) is 5.91 Å². The number of hydrogen-bond donors (Lipinski definition) is 2. The number of likely N-dealkylation sites (N-methyl/N-ethyl adjacent to an activating group) is 1. The molecule has 0 aromatic heterocycles. The van der Waals surface area contributed by atoms with E-state index in [0.717, 1.165) is 51.5 Å². The Kier molecular flexibility index (Phi) is 6.02. The molecule has 0 aliphatic heterocycles. The summed E-state index contributed by atoms with van der Waals surface area (Å²) in [7, 11) is 2.10. The SMILES string of the molecule is CN(CCc1ccccc1)C1(C(=O)NC2CCC(O)CC2)Cc2ccccc2C1.